The second-order valence-corrected chi connectivity index (χ2v) is 8.53. The molecule has 0 spiro atoms. The maximum atomic E-state index is 6.08. The average molecular weight is 407 g/mol. The van der Waals surface area contributed by atoms with Crippen molar-refractivity contribution in [2.24, 2.45) is 4.99 Å². The zero-order valence-corrected chi connectivity index (χ0v) is 17.8. The van der Waals surface area contributed by atoms with E-state index in [1.807, 2.05) is 12.1 Å². The number of nitrogens with zero attached hydrogens (tertiary/aromatic N) is 2. The normalized spacial score (nSPS) is 20.9. The topological polar surface area (TPSA) is 58.1 Å². The molecule has 0 bridgehead atoms. The number of ether oxygens (including phenoxy) is 2. The van der Waals surface area contributed by atoms with E-state index in [1.54, 1.807) is 0 Å². The largest absolute Gasteiger partial charge is 0.492 e. The Labute approximate surface area is 173 Å². The molecule has 0 amide bonds. The highest BCUT2D eigenvalue weighted by molar-refractivity contribution is 8.00. The minimum atomic E-state index is 0.612. The number of thioether (sulfide) groups is 1. The van der Waals surface area contributed by atoms with E-state index in [4.69, 9.17) is 14.5 Å². The van der Waals surface area contributed by atoms with Gasteiger partial charge >= 0.3 is 0 Å². The summed E-state index contributed by atoms with van der Waals surface area (Å²) < 4.78 is 11.5. The molecule has 1 aromatic carbocycles. The Morgan fingerprint density at radius 2 is 2.14 bits per heavy atom. The lowest BCUT2D eigenvalue weighted by atomic mass is 10.2. The fourth-order valence-electron chi connectivity index (χ4n) is 3.41. The molecular formula is C21H34N4O2S. The molecule has 0 radical (unpaired) electrons. The Balaban J connectivity index is 1.50. The molecule has 2 aliphatic rings. The van der Waals surface area contributed by atoms with Gasteiger partial charge in [0.25, 0.3) is 0 Å². The van der Waals surface area contributed by atoms with E-state index in [9.17, 15) is 0 Å². The number of para-hydroxylation sites is 1. The third kappa shape index (κ3) is 7.18. The summed E-state index contributed by atoms with van der Waals surface area (Å²) in [6, 6.07) is 8.22. The van der Waals surface area contributed by atoms with E-state index < -0.39 is 0 Å². The van der Waals surface area contributed by atoms with E-state index in [0.29, 0.717) is 18.4 Å². The number of morpholine rings is 1. The first kappa shape index (κ1) is 21.3. The molecule has 6 nitrogen and oxygen atoms in total. The highest BCUT2D eigenvalue weighted by Gasteiger charge is 2.15. The number of hydrogen-bond acceptors (Lipinski definition) is 5. The van der Waals surface area contributed by atoms with Gasteiger partial charge in [-0.05, 0) is 31.6 Å². The highest BCUT2D eigenvalue weighted by Crippen LogP contribution is 2.25. The van der Waals surface area contributed by atoms with Gasteiger partial charge in [0, 0.05) is 43.5 Å². The molecule has 1 atom stereocenters. The lowest BCUT2D eigenvalue weighted by molar-refractivity contribution is 0.0322. The maximum Gasteiger partial charge on any atom is 0.191 e. The molecule has 7 heteroatoms. The van der Waals surface area contributed by atoms with Gasteiger partial charge in [0.1, 0.15) is 12.4 Å². The van der Waals surface area contributed by atoms with Crippen molar-refractivity contribution in [3.8, 4) is 5.75 Å². The third-order valence-corrected chi connectivity index (χ3v) is 6.41. The van der Waals surface area contributed by atoms with Crippen LogP contribution in [0.5, 0.6) is 5.75 Å². The van der Waals surface area contributed by atoms with Crippen molar-refractivity contribution in [1.29, 1.82) is 0 Å². The number of guanidine groups is 1. The second-order valence-electron chi connectivity index (χ2n) is 7.12. The minimum Gasteiger partial charge on any atom is -0.492 e. The van der Waals surface area contributed by atoms with Gasteiger partial charge in [0.2, 0.25) is 0 Å². The first-order valence-corrected chi connectivity index (χ1v) is 11.5. The summed E-state index contributed by atoms with van der Waals surface area (Å²) in [7, 11) is 0. The average Bonchev–Trinajstić information content (AvgIpc) is 3.25. The third-order valence-electron chi connectivity index (χ3n) is 5.01. The Bertz CT molecular complexity index is 602. The van der Waals surface area contributed by atoms with Crippen LogP contribution in [0.15, 0.2) is 29.3 Å². The summed E-state index contributed by atoms with van der Waals surface area (Å²) >= 11 is 2.06. The molecule has 156 valence electrons. The fraction of sp³-hybridized carbons (Fsp3) is 0.667. The summed E-state index contributed by atoms with van der Waals surface area (Å²) in [5.74, 6) is 3.11. The number of nitrogens with one attached hydrogen (secondary N) is 2. The van der Waals surface area contributed by atoms with E-state index in [1.165, 1.54) is 18.6 Å². The first-order valence-electron chi connectivity index (χ1n) is 10.5. The van der Waals surface area contributed by atoms with Gasteiger partial charge in [-0.1, -0.05) is 18.2 Å². The van der Waals surface area contributed by atoms with Gasteiger partial charge in [-0.15, -0.1) is 0 Å². The number of rotatable bonds is 9. The predicted molar refractivity (Wildman–Crippen MR) is 117 cm³/mol. The molecule has 2 fully saturated rings. The molecule has 28 heavy (non-hydrogen) atoms. The van der Waals surface area contributed by atoms with Crippen LogP contribution in [-0.2, 0) is 11.3 Å². The van der Waals surface area contributed by atoms with Crippen molar-refractivity contribution in [3.63, 3.8) is 0 Å². The summed E-state index contributed by atoms with van der Waals surface area (Å²) in [4.78, 5) is 7.17. The van der Waals surface area contributed by atoms with Gasteiger partial charge in [0.05, 0.1) is 19.8 Å². The molecule has 0 aliphatic carbocycles. The lowest BCUT2D eigenvalue weighted by Crippen LogP contribution is -2.40. The highest BCUT2D eigenvalue weighted by atomic mass is 32.2. The van der Waals surface area contributed by atoms with Gasteiger partial charge in [-0.3, -0.25) is 4.90 Å². The van der Waals surface area contributed by atoms with Crippen LogP contribution >= 0.6 is 11.8 Å². The van der Waals surface area contributed by atoms with Crippen LogP contribution in [-0.4, -0.2) is 74.4 Å². The minimum absolute atomic E-state index is 0.612. The zero-order chi connectivity index (χ0) is 19.4. The summed E-state index contributed by atoms with van der Waals surface area (Å²) in [6.07, 6.45) is 2.64. The van der Waals surface area contributed by atoms with E-state index in [0.717, 1.165) is 63.2 Å². The van der Waals surface area contributed by atoms with Gasteiger partial charge in [-0.25, -0.2) is 4.99 Å². The Kier molecular flexibility index (Phi) is 9.26. The van der Waals surface area contributed by atoms with Crippen LogP contribution in [0.1, 0.15) is 25.3 Å². The van der Waals surface area contributed by atoms with Crippen LogP contribution in [0.2, 0.25) is 0 Å². The quantitative estimate of drug-likeness (QED) is 0.485. The van der Waals surface area contributed by atoms with Crippen molar-refractivity contribution in [2.45, 2.75) is 31.6 Å². The van der Waals surface area contributed by atoms with Crippen molar-refractivity contribution >= 4 is 17.7 Å². The Hall–Kier alpha value is -1.44. The van der Waals surface area contributed by atoms with Crippen LogP contribution < -0.4 is 15.4 Å². The predicted octanol–water partition coefficient (Wildman–Crippen LogP) is 2.35. The molecular weight excluding hydrogens is 372 g/mol. The fourth-order valence-corrected chi connectivity index (χ4v) is 4.61. The van der Waals surface area contributed by atoms with Crippen LogP contribution in [0.25, 0.3) is 0 Å². The zero-order valence-electron chi connectivity index (χ0n) is 17.0. The van der Waals surface area contributed by atoms with Crippen LogP contribution in [0, 0.1) is 0 Å². The van der Waals surface area contributed by atoms with E-state index in [-0.39, 0.29) is 0 Å². The van der Waals surface area contributed by atoms with Crippen molar-refractivity contribution in [1.82, 2.24) is 15.5 Å². The lowest BCUT2D eigenvalue weighted by Gasteiger charge is -2.26. The molecule has 2 saturated heterocycles. The monoisotopic (exact) mass is 406 g/mol. The summed E-state index contributed by atoms with van der Waals surface area (Å²) in [6.45, 7) is 9.82. The molecule has 3 rings (SSSR count). The summed E-state index contributed by atoms with van der Waals surface area (Å²) in [5, 5.41) is 7.56. The molecule has 2 heterocycles. The molecule has 2 N–H and O–H groups in total. The van der Waals surface area contributed by atoms with Crippen molar-refractivity contribution in [3.05, 3.63) is 29.8 Å². The SMILES string of the molecule is CCNC(=NCc1ccccc1OCCN1CCOCC1)NCC1CCCS1. The number of aliphatic imine (C=N–C) groups is 1. The molecule has 0 saturated carbocycles. The van der Waals surface area contributed by atoms with Crippen molar-refractivity contribution in [2.75, 3.05) is 58.3 Å². The van der Waals surface area contributed by atoms with Gasteiger partial charge in [0.15, 0.2) is 5.96 Å². The second kappa shape index (κ2) is 12.2. The smallest absolute Gasteiger partial charge is 0.191 e. The summed E-state index contributed by atoms with van der Waals surface area (Å²) in [5.41, 5.74) is 1.12. The molecule has 1 aromatic rings. The van der Waals surface area contributed by atoms with Crippen LogP contribution in [0.4, 0.5) is 0 Å². The molecule has 0 aromatic heterocycles. The molecule has 1 unspecified atom stereocenters. The number of benzene rings is 1. The van der Waals surface area contributed by atoms with E-state index in [2.05, 4.69) is 46.4 Å². The number of hydrogen-bond donors (Lipinski definition) is 2. The maximum absolute atomic E-state index is 6.08. The van der Waals surface area contributed by atoms with Crippen LogP contribution in [0.3, 0.4) is 0 Å². The van der Waals surface area contributed by atoms with Gasteiger partial charge < -0.3 is 20.1 Å². The van der Waals surface area contributed by atoms with E-state index >= 15 is 0 Å². The Morgan fingerprint density at radius 3 is 2.93 bits per heavy atom. The van der Waals surface area contributed by atoms with Crippen molar-refractivity contribution < 1.29 is 9.47 Å². The van der Waals surface area contributed by atoms with Gasteiger partial charge in [-0.2, -0.15) is 11.8 Å². The Morgan fingerprint density at radius 1 is 1.29 bits per heavy atom. The first-order chi connectivity index (χ1) is 13.8. The molecule has 2 aliphatic heterocycles. The standard InChI is InChI=1S/C21H34N4O2S/c1-2-22-21(24-17-19-7-5-15-28-19)23-16-18-6-3-4-8-20(18)27-14-11-25-9-12-26-13-10-25/h3-4,6,8,19H,2,5,7,9-17H2,1H3,(H2,22,23,24).